The van der Waals surface area contributed by atoms with E-state index >= 15 is 0 Å². The predicted molar refractivity (Wildman–Crippen MR) is 101 cm³/mol. The van der Waals surface area contributed by atoms with Gasteiger partial charge in [0, 0.05) is 0 Å². The van der Waals surface area contributed by atoms with E-state index in [1.807, 2.05) is 0 Å². The molecule has 3 atom stereocenters. The van der Waals surface area contributed by atoms with Crippen LogP contribution in [0.4, 0.5) is 0 Å². The first-order valence-electron chi connectivity index (χ1n) is 8.78. The highest BCUT2D eigenvalue weighted by atomic mass is 28.4. The zero-order valence-electron chi connectivity index (χ0n) is 15.2. The van der Waals surface area contributed by atoms with Crippen LogP contribution in [0.3, 0.4) is 0 Å². The molecule has 0 aromatic rings. The lowest BCUT2D eigenvalue weighted by Crippen LogP contribution is -2.41. The summed E-state index contributed by atoms with van der Waals surface area (Å²) in [5.41, 5.74) is 0. The molecule has 0 aromatic carbocycles. The van der Waals surface area contributed by atoms with E-state index < -0.39 is 32.9 Å². The Morgan fingerprint density at radius 1 is 1.00 bits per heavy atom. The lowest BCUT2D eigenvalue weighted by atomic mass is 9.91. The van der Waals surface area contributed by atoms with Crippen molar-refractivity contribution in [2.75, 3.05) is 0 Å². The van der Waals surface area contributed by atoms with Crippen LogP contribution in [-0.2, 0) is 13.3 Å². The van der Waals surface area contributed by atoms with Crippen molar-refractivity contribution in [1.82, 2.24) is 0 Å². The van der Waals surface area contributed by atoms with Gasteiger partial charge in [0.15, 0.2) is 26.4 Å². The van der Waals surface area contributed by atoms with Gasteiger partial charge in [0.05, 0.1) is 0 Å². The quantitative estimate of drug-likeness (QED) is 0.269. The maximum Gasteiger partial charge on any atom is 0.242 e. The van der Waals surface area contributed by atoms with Crippen LogP contribution in [0.2, 0.25) is 45.3 Å². The third-order valence-electron chi connectivity index (χ3n) is 4.29. The smallest absolute Gasteiger partial charge is 0.242 e. The Labute approximate surface area is 141 Å². The number of rotatable bonds is 9. The summed E-state index contributed by atoms with van der Waals surface area (Å²) in [6.45, 7) is 12.8. The summed E-state index contributed by atoms with van der Waals surface area (Å²) in [7, 11) is -3.82. The lowest BCUT2D eigenvalue weighted by Gasteiger charge is -2.31. The van der Waals surface area contributed by atoms with Gasteiger partial charge in [-0.1, -0.05) is 18.6 Å². The third kappa shape index (κ3) is 6.41. The summed E-state index contributed by atoms with van der Waals surface area (Å²) >= 11 is 0. The molecular formula is C16H34O3Si3. The first-order valence-corrected chi connectivity index (χ1v) is 17.2. The van der Waals surface area contributed by atoms with E-state index in [2.05, 4.69) is 51.4 Å². The molecule has 2 aliphatic rings. The summed E-state index contributed by atoms with van der Waals surface area (Å²) < 4.78 is 18.3. The number of allylic oxidation sites excluding steroid dienone is 2. The van der Waals surface area contributed by atoms with E-state index in [1.54, 1.807) is 0 Å². The molecule has 0 saturated heterocycles. The van der Waals surface area contributed by atoms with Crippen LogP contribution in [-0.4, -0.2) is 32.9 Å². The fourth-order valence-electron chi connectivity index (χ4n) is 3.42. The average molecular weight is 359 g/mol. The molecule has 1 saturated carbocycles. The van der Waals surface area contributed by atoms with Gasteiger partial charge in [0.2, 0.25) is 6.48 Å². The standard InChI is InChI=1S/C16H34O3Si3/c1-21(2,3)18-16(19-22(4,5)6)17-20-10-9-15-12-13-7-8-14(15)11-13/h7-8,13-16H,9-12,20H2,1-6H3. The second-order valence-electron chi connectivity index (χ2n) is 8.80. The van der Waals surface area contributed by atoms with Crippen LogP contribution in [0.15, 0.2) is 12.2 Å². The van der Waals surface area contributed by atoms with Crippen LogP contribution in [0.5, 0.6) is 0 Å². The van der Waals surface area contributed by atoms with Crippen molar-refractivity contribution in [3.8, 4) is 0 Å². The number of fused-ring (bicyclic) bond motifs is 2. The average Bonchev–Trinajstić information content (AvgIpc) is 2.92. The van der Waals surface area contributed by atoms with Crippen molar-refractivity contribution in [3.05, 3.63) is 12.2 Å². The van der Waals surface area contributed by atoms with Gasteiger partial charge in [-0.05, 0) is 75.9 Å². The van der Waals surface area contributed by atoms with Crippen LogP contribution in [0.25, 0.3) is 0 Å². The normalized spacial score (nSPS) is 28.6. The van der Waals surface area contributed by atoms with Crippen molar-refractivity contribution >= 4 is 26.4 Å². The summed E-state index contributed by atoms with van der Waals surface area (Å²) in [5, 5.41) is 0. The molecule has 2 aliphatic carbocycles. The Morgan fingerprint density at radius 3 is 2.09 bits per heavy atom. The highest BCUT2D eigenvalue weighted by molar-refractivity contribution is 6.70. The van der Waals surface area contributed by atoms with Crippen LogP contribution < -0.4 is 0 Å². The second kappa shape index (κ2) is 7.44. The van der Waals surface area contributed by atoms with Crippen molar-refractivity contribution < 1.29 is 13.3 Å². The zero-order chi connectivity index (χ0) is 16.4. The lowest BCUT2D eigenvalue weighted by molar-refractivity contribution is -0.152. The molecule has 22 heavy (non-hydrogen) atoms. The highest BCUT2D eigenvalue weighted by Crippen LogP contribution is 2.45. The topological polar surface area (TPSA) is 27.7 Å². The Morgan fingerprint density at radius 2 is 1.64 bits per heavy atom. The Bertz CT molecular complexity index is 371. The van der Waals surface area contributed by atoms with E-state index in [0.29, 0.717) is 0 Å². The molecule has 2 rings (SSSR count). The molecule has 6 heteroatoms. The van der Waals surface area contributed by atoms with Crippen molar-refractivity contribution in [2.24, 2.45) is 17.8 Å². The van der Waals surface area contributed by atoms with Crippen LogP contribution >= 0.6 is 0 Å². The van der Waals surface area contributed by atoms with Gasteiger partial charge in [-0.15, -0.1) is 0 Å². The number of hydrogen-bond donors (Lipinski definition) is 0. The SMILES string of the molecule is C[Si](C)(C)OC(O[SiH2]CCC1CC2C=CC1C2)O[Si](C)(C)C. The summed E-state index contributed by atoms with van der Waals surface area (Å²) in [5.74, 6) is 2.67. The molecule has 0 N–H and O–H groups in total. The van der Waals surface area contributed by atoms with Gasteiger partial charge in [0.1, 0.15) is 0 Å². The first-order chi connectivity index (χ1) is 10.1. The largest absolute Gasteiger partial charge is 0.380 e. The Kier molecular flexibility index (Phi) is 6.29. The molecule has 0 radical (unpaired) electrons. The van der Waals surface area contributed by atoms with Crippen molar-refractivity contribution in [3.63, 3.8) is 0 Å². The first kappa shape index (κ1) is 18.6. The highest BCUT2D eigenvalue weighted by Gasteiger charge is 2.35. The summed E-state index contributed by atoms with van der Waals surface area (Å²) in [4.78, 5) is 0. The van der Waals surface area contributed by atoms with E-state index in [0.717, 1.165) is 17.8 Å². The molecule has 3 unspecified atom stereocenters. The Hall–Kier alpha value is 0.271. The minimum absolute atomic E-state index is 0.398. The van der Waals surface area contributed by atoms with Gasteiger partial charge in [-0.3, -0.25) is 0 Å². The Balaban J connectivity index is 1.70. The van der Waals surface area contributed by atoms with Gasteiger partial charge in [-0.25, -0.2) is 0 Å². The maximum absolute atomic E-state index is 6.09. The molecule has 0 amide bonds. The third-order valence-corrected chi connectivity index (χ3v) is 7.29. The summed E-state index contributed by atoms with van der Waals surface area (Å²) in [6, 6.07) is 1.25. The molecule has 0 aliphatic heterocycles. The van der Waals surface area contributed by atoms with E-state index in [9.17, 15) is 0 Å². The van der Waals surface area contributed by atoms with Gasteiger partial charge in [-0.2, -0.15) is 0 Å². The molecular weight excluding hydrogens is 324 g/mol. The van der Waals surface area contributed by atoms with Crippen LogP contribution in [0.1, 0.15) is 19.3 Å². The van der Waals surface area contributed by atoms with Crippen molar-refractivity contribution in [2.45, 2.75) is 71.1 Å². The maximum atomic E-state index is 6.09. The second-order valence-corrected chi connectivity index (χ2v) is 19.2. The van der Waals surface area contributed by atoms with Gasteiger partial charge >= 0.3 is 0 Å². The molecule has 2 bridgehead atoms. The molecule has 0 spiro atoms. The van der Waals surface area contributed by atoms with E-state index in [4.69, 9.17) is 13.3 Å². The molecule has 0 aromatic heterocycles. The van der Waals surface area contributed by atoms with Crippen molar-refractivity contribution in [1.29, 1.82) is 0 Å². The van der Waals surface area contributed by atoms with Gasteiger partial charge < -0.3 is 13.3 Å². The van der Waals surface area contributed by atoms with Gasteiger partial charge in [0.25, 0.3) is 0 Å². The van der Waals surface area contributed by atoms with Crippen LogP contribution in [0, 0.1) is 17.8 Å². The van der Waals surface area contributed by atoms with E-state index in [1.165, 1.54) is 25.3 Å². The monoisotopic (exact) mass is 358 g/mol. The molecule has 128 valence electrons. The molecule has 0 heterocycles. The van der Waals surface area contributed by atoms with E-state index in [-0.39, 0.29) is 0 Å². The fourth-order valence-corrected chi connectivity index (χ4v) is 6.36. The fraction of sp³-hybridized carbons (Fsp3) is 0.875. The predicted octanol–water partition coefficient (Wildman–Crippen LogP) is 4.09. The minimum Gasteiger partial charge on any atom is -0.380 e. The molecule has 1 fully saturated rings. The number of hydrogen-bond acceptors (Lipinski definition) is 3. The summed E-state index contributed by atoms with van der Waals surface area (Å²) in [6.07, 6.45) is 9.04. The molecule has 3 nitrogen and oxygen atoms in total. The minimum atomic E-state index is -1.63. The zero-order valence-corrected chi connectivity index (χ0v) is 18.6.